The van der Waals surface area contributed by atoms with Crippen molar-refractivity contribution < 1.29 is 4.74 Å². The van der Waals surface area contributed by atoms with Gasteiger partial charge in [-0.1, -0.05) is 0 Å². The monoisotopic (exact) mass is 359 g/mol. The predicted octanol–water partition coefficient (Wildman–Crippen LogP) is 3.81. The van der Waals surface area contributed by atoms with Crippen molar-refractivity contribution in [2.45, 2.75) is 50.8 Å². The lowest BCUT2D eigenvalue weighted by atomic mass is 9.86. The Morgan fingerprint density at radius 3 is 2.43 bits per heavy atom. The summed E-state index contributed by atoms with van der Waals surface area (Å²) in [5.74, 6) is 0.440. The maximum atomic E-state index is 5.75. The molecular formula is C15H21NOS4. The van der Waals surface area contributed by atoms with Gasteiger partial charge in [-0.3, -0.25) is 4.90 Å². The summed E-state index contributed by atoms with van der Waals surface area (Å²) in [6.07, 6.45) is 3.62. The molecule has 2 aliphatic rings. The molecule has 3 rings (SSSR count). The second-order valence-corrected chi connectivity index (χ2v) is 7.63. The Bertz CT molecular complexity index is 531. The molecule has 2 heterocycles. The van der Waals surface area contributed by atoms with Gasteiger partial charge in [-0.05, 0) is 44.0 Å². The number of hydrogen-bond donors (Lipinski definition) is 4. The van der Waals surface area contributed by atoms with Gasteiger partial charge in [0.1, 0.15) is 0 Å². The Labute approximate surface area is 148 Å². The summed E-state index contributed by atoms with van der Waals surface area (Å²) >= 11 is 18.3. The number of rotatable bonds is 2. The van der Waals surface area contributed by atoms with Crippen LogP contribution in [0.15, 0.2) is 25.6 Å². The molecule has 2 fully saturated rings. The molecule has 2 atom stereocenters. The molecule has 2 unspecified atom stereocenters. The topological polar surface area (TPSA) is 12.5 Å². The third-order valence-corrected chi connectivity index (χ3v) is 6.87. The summed E-state index contributed by atoms with van der Waals surface area (Å²) in [7, 11) is 0. The molecular weight excluding hydrogens is 338 g/mol. The van der Waals surface area contributed by atoms with E-state index in [-0.39, 0.29) is 0 Å². The van der Waals surface area contributed by atoms with Crippen LogP contribution in [-0.4, -0.2) is 37.2 Å². The Balaban J connectivity index is 1.96. The minimum atomic E-state index is 0.440. The zero-order chi connectivity index (χ0) is 15.0. The fourth-order valence-electron chi connectivity index (χ4n) is 3.46. The summed E-state index contributed by atoms with van der Waals surface area (Å²) in [6.45, 7) is 3.98. The van der Waals surface area contributed by atoms with Crippen LogP contribution in [0.5, 0.6) is 0 Å². The molecule has 2 aliphatic heterocycles. The van der Waals surface area contributed by atoms with Gasteiger partial charge in [0.15, 0.2) is 0 Å². The molecule has 0 amide bonds. The van der Waals surface area contributed by atoms with Crippen LogP contribution in [0.3, 0.4) is 0 Å². The zero-order valence-corrected chi connectivity index (χ0v) is 15.4. The maximum Gasteiger partial charge on any atom is 0.0627 e. The molecule has 0 bridgehead atoms. The Morgan fingerprint density at radius 1 is 1.00 bits per heavy atom. The third kappa shape index (κ3) is 3.26. The quantitative estimate of drug-likeness (QED) is 0.600. The summed E-state index contributed by atoms with van der Waals surface area (Å²) in [5.41, 5.74) is 1.24. The smallest absolute Gasteiger partial charge is 0.0627 e. The average Bonchev–Trinajstić information content (AvgIpc) is 3.03. The van der Waals surface area contributed by atoms with Gasteiger partial charge in [0.05, 0.1) is 6.61 Å². The van der Waals surface area contributed by atoms with Gasteiger partial charge in [0.2, 0.25) is 0 Å². The van der Waals surface area contributed by atoms with Crippen LogP contribution >= 0.6 is 50.5 Å². The van der Waals surface area contributed by atoms with Gasteiger partial charge in [0, 0.05) is 38.1 Å². The highest BCUT2D eigenvalue weighted by Crippen LogP contribution is 2.41. The molecule has 0 N–H and O–H groups in total. The van der Waals surface area contributed by atoms with Gasteiger partial charge in [-0.25, -0.2) is 0 Å². The highest BCUT2D eigenvalue weighted by Gasteiger charge is 2.34. The first-order valence-electron chi connectivity index (χ1n) is 7.38. The molecule has 6 heteroatoms. The summed E-state index contributed by atoms with van der Waals surface area (Å²) in [6, 6.07) is 2.56. The first-order valence-corrected chi connectivity index (χ1v) is 9.17. The van der Waals surface area contributed by atoms with E-state index in [0.717, 1.165) is 39.2 Å². The van der Waals surface area contributed by atoms with E-state index in [0.29, 0.717) is 12.0 Å². The summed E-state index contributed by atoms with van der Waals surface area (Å²) < 4.78 is 5.75. The summed E-state index contributed by atoms with van der Waals surface area (Å²) in [4.78, 5) is 6.03. The van der Waals surface area contributed by atoms with E-state index in [9.17, 15) is 0 Å². The van der Waals surface area contributed by atoms with E-state index in [1.165, 1.54) is 31.5 Å². The number of benzene rings is 1. The van der Waals surface area contributed by atoms with Gasteiger partial charge in [-0.15, -0.1) is 50.5 Å². The molecule has 21 heavy (non-hydrogen) atoms. The first kappa shape index (κ1) is 16.4. The van der Waals surface area contributed by atoms with Crippen LogP contribution in [0.2, 0.25) is 0 Å². The minimum Gasteiger partial charge on any atom is -0.380 e. The lowest BCUT2D eigenvalue weighted by Gasteiger charge is -2.38. The van der Waals surface area contributed by atoms with Crippen molar-refractivity contribution in [3.8, 4) is 0 Å². The molecule has 1 aromatic rings. The maximum absolute atomic E-state index is 5.75. The van der Waals surface area contributed by atoms with Crippen molar-refractivity contribution in [2.24, 2.45) is 0 Å². The number of thiol groups is 4. The highest BCUT2D eigenvalue weighted by molar-refractivity contribution is 7.86. The highest BCUT2D eigenvalue weighted by atomic mass is 32.1. The van der Waals surface area contributed by atoms with Crippen LogP contribution in [-0.2, 0) is 4.74 Å². The number of likely N-dealkylation sites (tertiary alicyclic amines) is 1. The molecule has 1 aromatic carbocycles. The molecule has 0 saturated carbocycles. The molecule has 0 aromatic heterocycles. The van der Waals surface area contributed by atoms with Crippen molar-refractivity contribution in [1.29, 1.82) is 0 Å². The van der Waals surface area contributed by atoms with E-state index < -0.39 is 0 Å². The fraction of sp³-hybridized carbons (Fsp3) is 0.600. The largest absolute Gasteiger partial charge is 0.380 e. The van der Waals surface area contributed by atoms with Crippen LogP contribution in [0.1, 0.15) is 30.7 Å². The molecule has 0 aliphatic carbocycles. The van der Waals surface area contributed by atoms with Crippen molar-refractivity contribution in [2.75, 3.05) is 26.3 Å². The second kappa shape index (κ2) is 6.97. The Kier molecular flexibility index (Phi) is 5.44. The normalized spacial score (nSPS) is 27.2. The number of hydrogen-bond acceptors (Lipinski definition) is 6. The van der Waals surface area contributed by atoms with Gasteiger partial charge < -0.3 is 4.74 Å². The summed E-state index contributed by atoms with van der Waals surface area (Å²) in [5, 5.41) is 0. The lowest BCUT2D eigenvalue weighted by molar-refractivity contribution is 0.0118. The SMILES string of the molecule is Sc1cc(C2CCOCC2N2CCCC2)c(S)c(S)c1S. The van der Waals surface area contributed by atoms with Crippen LogP contribution in [0.25, 0.3) is 0 Å². The zero-order valence-electron chi connectivity index (χ0n) is 11.8. The molecule has 116 valence electrons. The van der Waals surface area contributed by atoms with E-state index >= 15 is 0 Å². The Morgan fingerprint density at radius 2 is 1.71 bits per heavy atom. The van der Waals surface area contributed by atoms with E-state index in [4.69, 9.17) is 17.4 Å². The second-order valence-electron chi connectivity index (χ2n) is 5.81. The third-order valence-electron chi connectivity index (χ3n) is 4.59. The van der Waals surface area contributed by atoms with E-state index in [1.807, 2.05) is 0 Å². The van der Waals surface area contributed by atoms with Crippen molar-refractivity contribution in [1.82, 2.24) is 4.90 Å². The number of nitrogens with zero attached hydrogens (tertiary/aromatic N) is 1. The molecule has 0 spiro atoms. The fourth-order valence-corrected chi connectivity index (χ4v) is 4.65. The first-order chi connectivity index (χ1) is 10.1. The predicted molar refractivity (Wildman–Crippen MR) is 98.2 cm³/mol. The Hall–Kier alpha value is 0.540. The molecule has 2 nitrogen and oxygen atoms in total. The van der Waals surface area contributed by atoms with Gasteiger partial charge in [-0.2, -0.15) is 0 Å². The number of ether oxygens (including phenoxy) is 1. The molecule has 2 saturated heterocycles. The minimum absolute atomic E-state index is 0.440. The van der Waals surface area contributed by atoms with Crippen molar-refractivity contribution in [3.63, 3.8) is 0 Å². The van der Waals surface area contributed by atoms with Crippen molar-refractivity contribution >= 4 is 50.5 Å². The van der Waals surface area contributed by atoms with Crippen molar-refractivity contribution in [3.05, 3.63) is 11.6 Å². The van der Waals surface area contributed by atoms with Crippen LogP contribution in [0, 0.1) is 0 Å². The van der Waals surface area contributed by atoms with Crippen LogP contribution < -0.4 is 0 Å². The van der Waals surface area contributed by atoms with E-state index in [1.54, 1.807) is 0 Å². The lowest BCUT2D eigenvalue weighted by Crippen LogP contribution is -2.44. The van der Waals surface area contributed by atoms with Crippen LogP contribution in [0.4, 0.5) is 0 Å². The standard InChI is InChI=1S/C15H21NOS4/c18-12-7-10(13(19)15(21)14(12)20)9-3-6-17-8-11(9)16-4-1-2-5-16/h7,9,11,18-21H,1-6,8H2. The van der Waals surface area contributed by atoms with Gasteiger partial charge >= 0.3 is 0 Å². The van der Waals surface area contributed by atoms with E-state index in [2.05, 4.69) is 48.9 Å². The van der Waals surface area contributed by atoms with Gasteiger partial charge in [0.25, 0.3) is 0 Å². The molecule has 0 radical (unpaired) electrons. The average molecular weight is 360 g/mol.